The molecule has 0 saturated carbocycles. The molecule has 1 aliphatic heterocycles. The molecule has 40 heavy (non-hydrogen) atoms. The van der Waals surface area contributed by atoms with E-state index in [0.717, 1.165) is 49.4 Å². The summed E-state index contributed by atoms with van der Waals surface area (Å²) in [5.74, 6) is -1.37. The number of aromatic nitrogens is 1. The number of piperidine rings is 1. The highest BCUT2D eigenvalue weighted by Crippen LogP contribution is 2.33. The minimum Gasteiger partial charge on any atom is -0.452 e. The zero-order valence-electron chi connectivity index (χ0n) is 21.0. The molecule has 1 saturated heterocycles. The van der Waals surface area contributed by atoms with E-state index in [1.807, 2.05) is 4.90 Å². The quantitative estimate of drug-likeness (QED) is 0.217. The number of nitrogens with zero attached hydrogens (tertiary/aromatic N) is 4. The number of nitrogens with one attached hydrogen (secondary N) is 1. The summed E-state index contributed by atoms with van der Waals surface area (Å²) in [4.78, 5) is 51.6. The Morgan fingerprint density at radius 3 is 2.52 bits per heavy atom. The molecule has 0 bridgehead atoms. The summed E-state index contributed by atoms with van der Waals surface area (Å²) in [6, 6.07) is 8.31. The molecule has 1 aliphatic rings. The fraction of sp³-hybridized carbons (Fsp3) is 0.292. The summed E-state index contributed by atoms with van der Waals surface area (Å²) >= 11 is 0.639. The van der Waals surface area contributed by atoms with Crippen LogP contribution in [0.1, 0.15) is 30.1 Å². The average Bonchev–Trinajstić information content (AvgIpc) is 3.40. The molecule has 1 N–H and O–H groups in total. The van der Waals surface area contributed by atoms with Crippen LogP contribution in [-0.4, -0.2) is 54.8 Å². The topological polar surface area (TPSA) is 192 Å². The van der Waals surface area contributed by atoms with Gasteiger partial charge in [-0.2, -0.15) is 0 Å². The van der Waals surface area contributed by atoms with E-state index in [1.54, 1.807) is 0 Å². The van der Waals surface area contributed by atoms with Crippen molar-refractivity contribution in [3.8, 4) is 0 Å². The molecule has 210 valence electrons. The largest absolute Gasteiger partial charge is 0.452 e. The first-order valence-corrected chi connectivity index (χ1v) is 14.2. The fourth-order valence-corrected chi connectivity index (χ4v) is 6.60. The second-order valence-corrected chi connectivity index (χ2v) is 12.2. The van der Waals surface area contributed by atoms with Gasteiger partial charge >= 0.3 is 5.97 Å². The molecule has 16 heteroatoms. The lowest BCUT2D eigenvalue weighted by Crippen LogP contribution is -2.34. The fourth-order valence-electron chi connectivity index (χ4n) is 4.15. The number of rotatable bonds is 9. The van der Waals surface area contributed by atoms with Crippen molar-refractivity contribution in [3.63, 3.8) is 0 Å². The molecule has 0 aliphatic carbocycles. The Labute approximate surface area is 231 Å². The summed E-state index contributed by atoms with van der Waals surface area (Å²) in [5.41, 5.74) is -0.196. The second kappa shape index (κ2) is 11.7. The number of nitro groups is 2. The zero-order valence-corrected chi connectivity index (χ0v) is 22.6. The predicted octanol–water partition coefficient (Wildman–Crippen LogP) is 3.82. The van der Waals surface area contributed by atoms with Crippen LogP contribution in [0.2, 0.25) is 0 Å². The number of thiazole rings is 1. The van der Waals surface area contributed by atoms with Gasteiger partial charge in [0.05, 0.1) is 26.5 Å². The molecule has 1 atom stereocenters. The highest BCUT2D eigenvalue weighted by Gasteiger charge is 2.26. The van der Waals surface area contributed by atoms with E-state index in [-0.39, 0.29) is 31.2 Å². The Kier molecular flexibility index (Phi) is 8.39. The maximum atomic E-state index is 12.8. The van der Waals surface area contributed by atoms with Gasteiger partial charge in [0.25, 0.3) is 17.3 Å². The minimum absolute atomic E-state index is 0.0858. The summed E-state index contributed by atoms with van der Waals surface area (Å²) in [7, 11) is -4.05. The van der Waals surface area contributed by atoms with E-state index in [0.29, 0.717) is 36.0 Å². The molecule has 3 aromatic rings. The van der Waals surface area contributed by atoms with Crippen molar-refractivity contribution in [1.29, 1.82) is 0 Å². The van der Waals surface area contributed by atoms with Crippen LogP contribution in [0.25, 0.3) is 0 Å². The number of anilines is 2. The maximum Gasteiger partial charge on any atom is 0.338 e. The molecule has 2 heterocycles. The van der Waals surface area contributed by atoms with Gasteiger partial charge in [-0.25, -0.2) is 18.2 Å². The van der Waals surface area contributed by atoms with Gasteiger partial charge < -0.3 is 9.64 Å². The summed E-state index contributed by atoms with van der Waals surface area (Å²) in [6.45, 7) is 2.66. The molecule has 4 rings (SSSR count). The zero-order chi connectivity index (χ0) is 29.0. The molecule has 14 nitrogen and oxygen atoms in total. The number of carbonyl (C=O) groups is 2. The summed E-state index contributed by atoms with van der Waals surface area (Å²) < 4.78 is 30.3. The van der Waals surface area contributed by atoms with Crippen molar-refractivity contribution < 1.29 is 32.6 Å². The summed E-state index contributed by atoms with van der Waals surface area (Å²) in [6.07, 6.45) is 2.96. The molecule has 1 amide bonds. The van der Waals surface area contributed by atoms with Crippen molar-refractivity contribution >= 4 is 55.2 Å². The lowest BCUT2D eigenvalue weighted by Gasteiger charge is -2.32. The third kappa shape index (κ3) is 6.40. The van der Waals surface area contributed by atoms with Crippen LogP contribution in [0.3, 0.4) is 0 Å². The highest BCUT2D eigenvalue weighted by atomic mass is 32.2. The number of hydrogen-bond donors (Lipinski definition) is 1. The lowest BCUT2D eigenvalue weighted by molar-refractivity contribution is -0.384. The number of benzene rings is 2. The molecule has 0 radical (unpaired) electrons. The van der Waals surface area contributed by atoms with Crippen molar-refractivity contribution in [2.45, 2.75) is 28.9 Å². The number of amides is 1. The monoisotopic (exact) mass is 589 g/mol. The Morgan fingerprint density at radius 2 is 1.88 bits per heavy atom. The van der Waals surface area contributed by atoms with Crippen LogP contribution in [0.5, 0.6) is 0 Å². The van der Waals surface area contributed by atoms with Gasteiger partial charge in [-0.1, -0.05) is 18.3 Å². The Morgan fingerprint density at radius 1 is 1.15 bits per heavy atom. The van der Waals surface area contributed by atoms with E-state index in [1.165, 1.54) is 12.1 Å². The SMILES string of the molecule is CC1CCCN(c2ccc(C(=O)OCC(=O)Nc3ncc(S(=O)(=O)c4ccc([N+](=O)[O-])cc4)s3)cc2[N+](=O)[O-])C1. The average molecular weight is 590 g/mol. The Balaban J connectivity index is 1.37. The molecule has 2 aromatic carbocycles. The van der Waals surface area contributed by atoms with Gasteiger partial charge in [-0.3, -0.25) is 30.3 Å². The first-order valence-electron chi connectivity index (χ1n) is 11.9. The standard InChI is InChI=1S/C24H23N5O9S2/c1-15-3-2-10-27(13-15)19-9-4-16(11-20(19)29(34)35)23(31)38-14-21(30)26-24-25-12-22(39-24)40(36,37)18-7-5-17(6-8-18)28(32)33/h4-9,11-12,15H,2-3,10,13-14H2,1H3,(H,25,26,30). The van der Waals surface area contributed by atoms with Crippen LogP contribution in [0.4, 0.5) is 22.2 Å². The van der Waals surface area contributed by atoms with Crippen molar-refractivity contribution in [3.05, 3.63) is 74.5 Å². The Bertz CT molecular complexity index is 1570. The van der Waals surface area contributed by atoms with E-state index < -0.39 is 38.2 Å². The third-order valence-corrected chi connectivity index (χ3v) is 9.24. The molecular formula is C24H23N5O9S2. The lowest BCUT2D eigenvalue weighted by atomic mass is 9.99. The van der Waals surface area contributed by atoms with E-state index in [2.05, 4.69) is 17.2 Å². The molecule has 1 fully saturated rings. The number of esters is 1. The predicted molar refractivity (Wildman–Crippen MR) is 143 cm³/mol. The number of non-ortho nitro benzene ring substituents is 1. The van der Waals surface area contributed by atoms with Gasteiger partial charge in [-0.15, -0.1) is 0 Å². The maximum absolute atomic E-state index is 12.8. The second-order valence-electron chi connectivity index (χ2n) is 9.02. The first-order chi connectivity index (χ1) is 19.0. The number of sulfone groups is 1. The number of ether oxygens (including phenoxy) is 1. The molecule has 1 unspecified atom stereocenters. The van der Waals surface area contributed by atoms with Gasteiger partial charge in [0.2, 0.25) is 9.84 Å². The van der Waals surface area contributed by atoms with Crippen LogP contribution in [0, 0.1) is 26.1 Å². The van der Waals surface area contributed by atoms with Gasteiger partial charge in [0.1, 0.15) is 9.90 Å². The van der Waals surface area contributed by atoms with E-state index >= 15 is 0 Å². The summed E-state index contributed by atoms with van der Waals surface area (Å²) in [5, 5.41) is 24.7. The Hall–Kier alpha value is -4.44. The third-order valence-electron chi connectivity index (χ3n) is 6.09. The van der Waals surface area contributed by atoms with Crippen molar-refractivity contribution in [2.24, 2.45) is 5.92 Å². The van der Waals surface area contributed by atoms with Gasteiger partial charge in [0.15, 0.2) is 11.7 Å². The van der Waals surface area contributed by atoms with E-state index in [4.69, 9.17) is 4.74 Å². The van der Waals surface area contributed by atoms with Gasteiger partial charge in [-0.05, 0) is 43.0 Å². The van der Waals surface area contributed by atoms with Crippen molar-refractivity contribution in [1.82, 2.24) is 4.98 Å². The van der Waals surface area contributed by atoms with Gasteiger partial charge in [0, 0.05) is 31.3 Å². The van der Waals surface area contributed by atoms with E-state index in [9.17, 15) is 38.2 Å². The number of carbonyl (C=O) groups excluding carboxylic acids is 2. The molecule has 0 spiro atoms. The highest BCUT2D eigenvalue weighted by molar-refractivity contribution is 7.93. The number of hydrogen-bond acceptors (Lipinski definition) is 12. The van der Waals surface area contributed by atoms with Crippen LogP contribution in [-0.2, 0) is 19.4 Å². The minimum atomic E-state index is -4.05. The molecular weight excluding hydrogens is 566 g/mol. The van der Waals surface area contributed by atoms with Crippen LogP contribution in [0.15, 0.2) is 57.8 Å². The van der Waals surface area contributed by atoms with Crippen LogP contribution >= 0.6 is 11.3 Å². The normalized spacial score (nSPS) is 15.3. The molecule has 1 aromatic heterocycles. The van der Waals surface area contributed by atoms with Crippen LogP contribution < -0.4 is 10.2 Å². The first kappa shape index (κ1) is 28.6. The number of nitro benzene ring substituents is 2. The van der Waals surface area contributed by atoms with Crippen molar-refractivity contribution in [2.75, 3.05) is 29.9 Å². The smallest absolute Gasteiger partial charge is 0.338 e.